The molecular formula is C12H16N4O. The molecule has 0 bridgehead atoms. The summed E-state index contributed by atoms with van der Waals surface area (Å²) >= 11 is 0. The highest BCUT2D eigenvalue weighted by Gasteiger charge is 2.08. The molecule has 0 atom stereocenters. The first-order valence-electron chi connectivity index (χ1n) is 5.48. The molecule has 0 amide bonds. The van der Waals surface area contributed by atoms with Gasteiger partial charge in [-0.25, -0.2) is 0 Å². The molecular weight excluding hydrogens is 216 g/mol. The lowest BCUT2D eigenvalue weighted by Gasteiger charge is -2.17. The molecule has 0 saturated carbocycles. The third-order valence-corrected chi connectivity index (χ3v) is 2.54. The first kappa shape index (κ1) is 11.6. The van der Waals surface area contributed by atoms with Gasteiger partial charge in [-0.2, -0.15) is 4.98 Å². The Morgan fingerprint density at radius 1 is 1.29 bits per heavy atom. The van der Waals surface area contributed by atoms with E-state index in [9.17, 15) is 0 Å². The molecule has 0 aliphatic carbocycles. The fourth-order valence-electron chi connectivity index (χ4n) is 1.54. The monoisotopic (exact) mass is 232 g/mol. The molecule has 0 unspecified atom stereocenters. The molecule has 2 aromatic rings. The average Bonchev–Trinajstić information content (AvgIpc) is 2.77. The zero-order valence-corrected chi connectivity index (χ0v) is 10.1. The Kier molecular flexibility index (Phi) is 3.39. The lowest BCUT2D eigenvalue weighted by Crippen LogP contribution is -2.17. The van der Waals surface area contributed by atoms with E-state index < -0.39 is 0 Å². The number of hydrogen-bond donors (Lipinski definition) is 1. The van der Waals surface area contributed by atoms with E-state index in [4.69, 9.17) is 10.3 Å². The van der Waals surface area contributed by atoms with Gasteiger partial charge in [0.15, 0.2) is 5.82 Å². The maximum atomic E-state index is 5.41. The van der Waals surface area contributed by atoms with Gasteiger partial charge in [-0.15, -0.1) is 0 Å². The summed E-state index contributed by atoms with van der Waals surface area (Å²) < 4.78 is 4.96. The molecule has 2 rings (SSSR count). The normalized spacial score (nSPS) is 10.5. The Morgan fingerprint density at radius 3 is 2.59 bits per heavy atom. The maximum absolute atomic E-state index is 5.41. The van der Waals surface area contributed by atoms with Crippen molar-refractivity contribution in [1.29, 1.82) is 0 Å². The van der Waals surface area contributed by atoms with E-state index in [2.05, 4.69) is 46.2 Å². The van der Waals surface area contributed by atoms with E-state index in [-0.39, 0.29) is 6.54 Å². The summed E-state index contributed by atoms with van der Waals surface area (Å²) in [5, 5.41) is 3.86. The summed E-state index contributed by atoms with van der Waals surface area (Å²) in [6, 6.07) is 8.29. The third kappa shape index (κ3) is 2.82. The van der Waals surface area contributed by atoms with Gasteiger partial charge in [-0.05, 0) is 19.1 Å². The van der Waals surface area contributed by atoms with E-state index in [1.54, 1.807) is 0 Å². The van der Waals surface area contributed by atoms with Crippen LogP contribution < -0.4 is 10.6 Å². The number of anilines is 1. The first-order valence-corrected chi connectivity index (χ1v) is 5.48. The van der Waals surface area contributed by atoms with Crippen LogP contribution in [0.3, 0.4) is 0 Å². The van der Waals surface area contributed by atoms with Crippen LogP contribution in [-0.4, -0.2) is 17.2 Å². The standard InChI is InChI=1S/C12H16N4O/c1-9-3-5-10(6-4-9)16(2)8-11-14-12(7-13)17-15-11/h3-6H,7-8,13H2,1-2H3. The van der Waals surface area contributed by atoms with Crippen molar-refractivity contribution in [3.05, 3.63) is 41.5 Å². The molecule has 0 radical (unpaired) electrons. The number of aryl methyl sites for hydroxylation is 1. The lowest BCUT2D eigenvalue weighted by atomic mass is 10.2. The van der Waals surface area contributed by atoms with Crippen LogP contribution in [0.1, 0.15) is 17.3 Å². The molecule has 0 saturated heterocycles. The topological polar surface area (TPSA) is 68.2 Å². The van der Waals surface area contributed by atoms with Crippen molar-refractivity contribution in [2.75, 3.05) is 11.9 Å². The lowest BCUT2D eigenvalue weighted by molar-refractivity contribution is 0.374. The van der Waals surface area contributed by atoms with Crippen LogP contribution in [0, 0.1) is 6.92 Å². The second-order valence-electron chi connectivity index (χ2n) is 4.00. The predicted molar refractivity (Wildman–Crippen MR) is 65.5 cm³/mol. The van der Waals surface area contributed by atoms with Gasteiger partial charge in [-0.1, -0.05) is 22.9 Å². The minimum atomic E-state index is 0.279. The number of aromatic nitrogens is 2. The minimum absolute atomic E-state index is 0.279. The highest BCUT2D eigenvalue weighted by Crippen LogP contribution is 2.15. The SMILES string of the molecule is Cc1ccc(N(C)Cc2noc(CN)n2)cc1. The van der Waals surface area contributed by atoms with Gasteiger partial charge < -0.3 is 15.2 Å². The average molecular weight is 232 g/mol. The van der Waals surface area contributed by atoms with Crippen molar-refractivity contribution in [1.82, 2.24) is 10.1 Å². The summed E-state index contributed by atoms with van der Waals surface area (Å²) in [6.45, 7) is 2.95. The van der Waals surface area contributed by atoms with Gasteiger partial charge in [0.2, 0.25) is 5.89 Å². The fraction of sp³-hybridized carbons (Fsp3) is 0.333. The van der Waals surface area contributed by atoms with Crippen LogP contribution in [-0.2, 0) is 13.1 Å². The summed E-state index contributed by atoms with van der Waals surface area (Å²) in [7, 11) is 1.99. The van der Waals surface area contributed by atoms with E-state index in [0.29, 0.717) is 18.3 Å². The van der Waals surface area contributed by atoms with Crippen molar-refractivity contribution in [2.24, 2.45) is 5.73 Å². The first-order chi connectivity index (χ1) is 8.19. The molecule has 1 aromatic carbocycles. The Morgan fingerprint density at radius 2 is 2.00 bits per heavy atom. The molecule has 90 valence electrons. The van der Waals surface area contributed by atoms with Crippen LogP contribution in [0.15, 0.2) is 28.8 Å². The second kappa shape index (κ2) is 4.97. The molecule has 0 aliphatic rings. The van der Waals surface area contributed by atoms with E-state index in [1.807, 2.05) is 7.05 Å². The van der Waals surface area contributed by atoms with Crippen LogP contribution >= 0.6 is 0 Å². The predicted octanol–water partition coefficient (Wildman–Crippen LogP) is 1.47. The molecule has 1 aromatic heterocycles. The molecule has 17 heavy (non-hydrogen) atoms. The van der Waals surface area contributed by atoms with Gasteiger partial charge in [0.25, 0.3) is 0 Å². The van der Waals surface area contributed by atoms with Crippen molar-refractivity contribution < 1.29 is 4.52 Å². The van der Waals surface area contributed by atoms with Crippen molar-refractivity contribution in [3.8, 4) is 0 Å². The van der Waals surface area contributed by atoms with E-state index >= 15 is 0 Å². The summed E-state index contributed by atoms with van der Waals surface area (Å²) in [6.07, 6.45) is 0. The van der Waals surface area contributed by atoms with Gasteiger partial charge in [0.05, 0.1) is 13.1 Å². The molecule has 0 fully saturated rings. The Balaban J connectivity index is 2.05. The molecule has 0 aliphatic heterocycles. The highest BCUT2D eigenvalue weighted by molar-refractivity contribution is 5.46. The van der Waals surface area contributed by atoms with Crippen molar-refractivity contribution in [2.45, 2.75) is 20.0 Å². The second-order valence-corrected chi connectivity index (χ2v) is 4.00. The summed E-state index contributed by atoms with van der Waals surface area (Å²) in [5.41, 5.74) is 7.77. The van der Waals surface area contributed by atoms with Crippen LogP contribution in [0.2, 0.25) is 0 Å². The number of rotatable bonds is 4. The van der Waals surface area contributed by atoms with Gasteiger partial charge in [0, 0.05) is 12.7 Å². The fourth-order valence-corrected chi connectivity index (χ4v) is 1.54. The van der Waals surface area contributed by atoms with Crippen LogP contribution in [0.5, 0.6) is 0 Å². The van der Waals surface area contributed by atoms with Gasteiger partial charge in [0.1, 0.15) is 0 Å². The van der Waals surface area contributed by atoms with E-state index in [0.717, 1.165) is 5.69 Å². The number of benzene rings is 1. The smallest absolute Gasteiger partial charge is 0.240 e. The van der Waals surface area contributed by atoms with Gasteiger partial charge in [-0.3, -0.25) is 0 Å². The number of nitrogens with two attached hydrogens (primary N) is 1. The summed E-state index contributed by atoms with van der Waals surface area (Å²) in [4.78, 5) is 6.23. The highest BCUT2D eigenvalue weighted by atomic mass is 16.5. The molecule has 1 heterocycles. The van der Waals surface area contributed by atoms with Crippen LogP contribution in [0.4, 0.5) is 5.69 Å². The largest absolute Gasteiger partial charge is 0.367 e. The number of nitrogens with zero attached hydrogens (tertiary/aromatic N) is 3. The molecule has 2 N–H and O–H groups in total. The van der Waals surface area contributed by atoms with E-state index in [1.165, 1.54) is 5.56 Å². The number of hydrogen-bond acceptors (Lipinski definition) is 5. The third-order valence-electron chi connectivity index (χ3n) is 2.54. The summed E-state index contributed by atoms with van der Waals surface area (Å²) in [5.74, 6) is 1.12. The quantitative estimate of drug-likeness (QED) is 0.864. The Hall–Kier alpha value is -1.88. The Bertz CT molecular complexity index is 478. The van der Waals surface area contributed by atoms with Gasteiger partial charge >= 0.3 is 0 Å². The Labute approximate surface area is 100 Å². The maximum Gasteiger partial charge on any atom is 0.240 e. The van der Waals surface area contributed by atoms with Crippen molar-refractivity contribution >= 4 is 5.69 Å². The molecule has 5 nitrogen and oxygen atoms in total. The zero-order valence-electron chi connectivity index (χ0n) is 10.1. The molecule has 0 spiro atoms. The van der Waals surface area contributed by atoms with Crippen LogP contribution in [0.25, 0.3) is 0 Å². The van der Waals surface area contributed by atoms with Crippen molar-refractivity contribution in [3.63, 3.8) is 0 Å². The molecule has 5 heteroatoms. The zero-order chi connectivity index (χ0) is 12.3. The minimum Gasteiger partial charge on any atom is -0.367 e.